The maximum Gasteiger partial charge on any atom is 0.282 e. The van der Waals surface area contributed by atoms with Gasteiger partial charge in [-0.25, -0.2) is 4.90 Å². The summed E-state index contributed by atoms with van der Waals surface area (Å²) < 4.78 is 0. The minimum absolute atomic E-state index is 0.254. The number of imide groups is 1. The van der Waals surface area contributed by atoms with Gasteiger partial charge in [0.15, 0.2) is 0 Å². The lowest BCUT2D eigenvalue weighted by Gasteiger charge is -2.18. The number of amides is 2. The number of nitrogens with zero attached hydrogens (tertiary/aromatic N) is 2. The fourth-order valence-electron chi connectivity index (χ4n) is 3.31. The number of hydrogen-bond donors (Lipinski definition) is 1. The fraction of sp³-hybridized carbons (Fsp3) is 0.130. The van der Waals surface area contributed by atoms with E-state index in [1.165, 1.54) is 16.2 Å². The molecule has 3 aromatic rings. The van der Waals surface area contributed by atoms with Crippen LogP contribution >= 0.6 is 22.9 Å². The van der Waals surface area contributed by atoms with Crippen LogP contribution in [0.3, 0.4) is 0 Å². The Morgan fingerprint density at radius 3 is 2.33 bits per heavy atom. The van der Waals surface area contributed by atoms with Crippen molar-refractivity contribution < 1.29 is 9.59 Å². The average Bonchev–Trinajstić information content (AvgIpc) is 3.32. The Morgan fingerprint density at radius 2 is 1.70 bits per heavy atom. The summed E-state index contributed by atoms with van der Waals surface area (Å²) in [7, 11) is 3.87. The molecule has 0 saturated heterocycles. The molecule has 0 fully saturated rings. The van der Waals surface area contributed by atoms with Gasteiger partial charge in [0.1, 0.15) is 5.70 Å². The molecule has 1 N–H and O–H groups in total. The van der Waals surface area contributed by atoms with Gasteiger partial charge in [0.2, 0.25) is 0 Å². The van der Waals surface area contributed by atoms with Crippen LogP contribution in [0.25, 0.3) is 5.57 Å². The van der Waals surface area contributed by atoms with E-state index in [0.717, 1.165) is 16.1 Å². The van der Waals surface area contributed by atoms with E-state index in [9.17, 15) is 9.59 Å². The Balaban J connectivity index is 1.78. The van der Waals surface area contributed by atoms with Gasteiger partial charge in [0.05, 0.1) is 11.3 Å². The van der Waals surface area contributed by atoms with Crippen molar-refractivity contribution in [2.75, 3.05) is 29.2 Å². The highest BCUT2D eigenvalue weighted by Gasteiger charge is 2.40. The van der Waals surface area contributed by atoms with Crippen molar-refractivity contribution in [1.29, 1.82) is 0 Å². The average molecular weight is 438 g/mol. The standard InChI is InChI=1S/C23H20ClN3O2S/c1-14-17(24)6-4-7-18(14)25-21-20(19-8-5-13-30-19)22(28)27(23(21)29)16-11-9-15(10-12-16)26(2)3/h4-13,25H,1-3H3. The molecule has 4 rings (SSSR count). The van der Waals surface area contributed by atoms with Crippen molar-refractivity contribution in [3.63, 3.8) is 0 Å². The SMILES string of the molecule is Cc1c(Cl)cccc1NC1=C(c2cccs2)C(=O)N(c2ccc(N(C)C)cc2)C1=O. The molecule has 0 atom stereocenters. The molecule has 2 aromatic carbocycles. The molecule has 2 heterocycles. The van der Waals surface area contributed by atoms with Crippen LogP contribution in [-0.2, 0) is 9.59 Å². The lowest BCUT2D eigenvalue weighted by molar-refractivity contribution is -0.120. The number of anilines is 3. The van der Waals surface area contributed by atoms with E-state index >= 15 is 0 Å². The van der Waals surface area contributed by atoms with E-state index in [-0.39, 0.29) is 17.5 Å². The van der Waals surface area contributed by atoms with E-state index < -0.39 is 0 Å². The molecule has 0 spiro atoms. The number of carbonyl (C=O) groups is 2. The zero-order valence-electron chi connectivity index (χ0n) is 16.8. The van der Waals surface area contributed by atoms with E-state index in [1.54, 1.807) is 18.2 Å². The maximum absolute atomic E-state index is 13.4. The summed E-state index contributed by atoms with van der Waals surface area (Å²) >= 11 is 7.67. The van der Waals surface area contributed by atoms with Gasteiger partial charge < -0.3 is 10.2 Å². The van der Waals surface area contributed by atoms with Crippen LogP contribution in [0.1, 0.15) is 10.4 Å². The Bertz CT molecular complexity index is 1150. The molecule has 0 radical (unpaired) electrons. The molecule has 1 aliphatic heterocycles. The van der Waals surface area contributed by atoms with Crippen molar-refractivity contribution >= 4 is 57.4 Å². The molecule has 1 aromatic heterocycles. The number of benzene rings is 2. The summed E-state index contributed by atoms with van der Waals surface area (Å²) in [5.74, 6) is -0.734. The minimum atomic E-state index is -0.389. The maximum atomic E-state index is 13.4. The monoisotopic (exact) mass is 437 g/mol. The second-order valence-corrected chi connectivity index (χ2v) is 8.48. The van der Waals surface area contributed by atoms with E-state index in [0.29, 0.717) is 22.0 Å². The quantitative estimate of drug-likeness (QED) is 0.559. The van der Waals surface area contributed by atoms with Crippen LogP contribution in [0.5, 0.6) is 0 Å². The molecular formula is C23H20ClN3O2S. The van der Waals surface area contributed by atoms with Gasteiger partial charge >= 0.3 is 0 Å². The smallest absolute Gasteiger partial charge is 0.282 e. The molecule has 7 heteroatoms. The van der Waals surface area contributed by atoms with Gasteiger partial charge in [-0.2, -0.15) is 0 Å². The molecule has 2 amide bonds. The van der Waals surface area contributed by atoms with E-state index in [1.807, 2.05) is 67.7 Å². The summed E-state index contributed by atoms with van der Waals surface area (Å²) in [6, 6.07) is 16.5. The van der Waals surface area contributed by atoms with Crippen LogP contribution in [0.2, 0.25) is 5.02 Å². The highest BCUT2D eigenvalue weighted by Crippen LogP contribution is 2.36. The van der Waals surface area contributed by atoms with Crippen LogP contribution < -0.4 is 15.1 Å². The number of halogens is 1. The topological polar surface area (TPSA) is 52.7 Å². The Kier molecular flexibility index (Phi) is 5.37. The second kappa shape index (κ2) is 7.97. The van der Waals surface area contributed by atoms with Gasteiger partial charge in [-0.15, -0.1) is 11.3 Å². The zero-order valence-corrected chi connectivity index (χ0v) is 18.3. The molecular weight excluding hydrogens is 418 g/mol. The Labute approximate surface area is 184 Å². The third-order valence-electron chi connectivity index (χ3n) is 5.00. The first-order valence-electron chi connectivity index (χ1n) is 9.35. The third-order valence-corrected chi connectivity index (χ3v) is 6.30. The minimum Gasteiger partial charge on any atom is -0.378 e. The predicted octanol–water partition coefficient (Wildman–Crippen LogP) is 5.17. The molecule has 0 bridgehead atoms. The largest absolute Gasteiger partial charge is 0.378 e. The molecule has 30 heavy (non-hydrogen) atoms. The first-order valence-corrected chi connectivity index (χ1v) is 10.6. The number of carbonyl (C=O) groups excluding carboxylic acids is 2. The summed E-state index contributed by atoms with van der Waals surface area (Å²) in [4.78, 5) is 30.7. The van der Waals surface area contributed by atoms with Gasteiger partial charge in [-0.1, -0.05) is 23.7 Å². The number of rotatable bonds is 5. The normalized spacial score (nSPS) is 13.9. The summed E-state index contributed by atoms with van der Waals surface area (Å²) in [5.41, 5.74) is 3.64. The van der Waals surface area contributed by atoms with E-state index in [4.69, 9.17) is 11.6 Å². The van der Waals surface area contributed by atoms with Gasteiger partial charge in [-0.05, 0) is 60.3 Å². The van der Waals surface area contributed by atoms with Crippen LogP contribution in [-0.4, -0.2) is 25.9 Å². The highest BCUT2D eigenvalue weighted by atomic mass is 35.5. The van der Waals surface area contributed by atoms with E-state index in [2.05, 4.69) is 5.32 Å². The Morgan fingerprint density at radius 1 is 0.967 bits per heavy atom. The van der Waals surface area contributed by atoms with Gasteiger partial charge in [0.25, 0.3) is 11.8 Å². The lowest BCUT2D eigenvalue weighted by atomic mass is 10.1. The number of thiophene rings is 1. The number of hydrogen-bond acceptors (Lipinski definition) is 5. The first kappa shape index (κ1) is 20.2. The van der Waals surface area contributed by atoms with Crippen molar-refractivity contribution in [2.24, 2.45) is 0 Å². The van der Waals surface area contributed by atoms with Crippen LogP contribution in [0.4, 0.5) is 17.1 Å². The second-order valence-electron chi connectivity index (χ2n) is 7.12. The predicted molar refractivity (Wildman–Crippen MR) is 124 cm³/mol. The molecule has 152 valence electrons. The fourth-order valence-corrected chi connectivity index (χ4v) is 4.25. The molecule has 1 aliphatic rings. The summed E-state index contributed by atoms with van der Waals surface area (Å²) in [6.07, 6.45) is 0. The third kappa shape index (κ3) is 3.49. The zero-order chi connectivity index (χ0) is 21.4. The lowest BCUT2D eigenvalue weighted by Crippen LogP contribution is -2.32. The van der Waals surface area contributed by atoms with Crippen molar-refractivity contribution in [3.8, 4) is 0 Å². The summed E-state index contributed by atoms with van der Waals surface area (Å²) in [6.45, 7) is 1.87. The van der Waals surface area contributed by atoms with Crippen LogP contribution in [0.15, 0.2) is 65.7 Å². The van der Waals surface area contributed by atoms with Gasteiger partial charge in [-0.3, -0.25) is 9.59 Å². The van der Waals surface area contributed by atoms with Gasteiger partial charge in [0, 0.05) is 35.4 Å². The first-order chi connectivity index (χ1) is 14.4. The highest BCUT2D eigenvalue weighted by molar-refractivity contribution is 7.11. The number of nitrogens with one attached hydrogen (secondary N) is 1. The molecule has 0 unspecified atom stereocenters. The van der Waals surface area contributed by atoms with Crippen LogP contribution in [0, 0.1) is 6.92 Å². The van der Waals surface area contributed by atoms with Crippen molar-refractivity contribution in [1.82, 2.24) is 0 Å². The molecule has 0 aliphatic carbocycles. The van der Waals surface area contributed by atoms with Crippen molar-refractivity contribution in [3.05, 3.63) is 81.1 Å². The molecule has 5 nitrogen and oxygen atoms in total. The van der Waals surface area contributed by atoms with Crippen molar-refractivity contribution in [2.45, 2.75) is 6.92 Å². The Hall–Kier alpha value is -3.09. The summed E-state index contributed by atoms with van der Waals surface area (Å²) in [5, 5.41) is 5.65. The molecule has 0 saturated carbocycles.